The van der Waals surface area contributed by atoms with Crippen molar-refractivity contribution in [1.82, 2.24) is 19.6 Å². The summed E-state index contributed by atoms with van der Waals surface area (Å²) in [5, 5.41) is 9.05. The van der Waals surface area contributed by atoms with Crippen LogP contribution in [-0.2, 0) is 6.54 Å². The van der Waals surface area contributed by atoms with Crippen LogP contribution < -0.4 is 5.76 Å². The number of benzene rings is 3. The van der Waals surface area contributed by atoms with E-state index in [1.807, 2.05) is 66.9 Å². The van der Waals surface area contributed by atoms with Gasteiger partial charge in [0.25, 0.3) is 0 Å². The third-order valence-corrected chi connectivity index (χ3v) is 4.88. The molecule has 2 heterocycles. The lowest BCUT2D eigenvalue weighted by molar-refractivity contribution is 0.495. The third-order valence-electron chi connectivity index (χ3n) is 4.88. The van der Waals surface area contributed by atoms with E-state index >= 15 is 0 Å². The van der Waals surface area contributed by atoms with Crippen LogP contribution >= 0.6 is 0 Å². The Balaban J connectivity index is 1.55. The number of aromatic nitrogens is 4. The van der Waals surface area contributed by atoms with Crippen molar-refractivity contribution >= 4 is 0 Å². The Hall–Kier alpha value is -4.26. The highest BCUT2D eigenvalue weighted by molar-refractivity contribution is 5.63. The fourth-order valence-electron chi connectivity index (χ4n) is 3.35. The number of nitrogens with zero attached hydrogens (tertiary/aromatic N) is 4. The molecule has 31 heavy (non-hydrogen) atoms. The molecule has 0 aliphatic rings. The van der Waals surface area contributed by atoms with Gasteiger partial charge in [-0.1, -0.05) is 48.5 Å². The van der Waals surface area contributed by atoms with Crippen LogP contribution in [0.3, 0.4) is 0 Å². The molecule has 6 nitrogen and oxygen atoms in total. The van der Waals surface area contributed by atoms with Crippen LogP contribution in [0.4, 0.5) is 4.39 Å². The molecule has 0 atom stereocenters. The van der Waals surface area contributed by atoms with Gasteiger partial charge in [0.15, 0.2) is 0 Å². The van der Waals surface area contributed by atoms with Gasteiger partial charge in [-0.15, -0.1) is 5.10 Å². The first-order valence-corrected chi connectivity index (χ1v) is 9.71. The molecule has 0 aliphatic carbocycles. The summed E-state index contributed by atoms with van der Waals surface area (Å²) >= 11 is 0. The van der Waals surface area contributed by atoms with E-state index in [1.54, 1.807) is 4.68 Å². The summed E-state index contributed by atoms with van der Waals surface area (Å²) in [6.45, 7) is 0.181. The molecule has 0 aliphatic heterocycles. The zero-order valence-corrected chi connectivity index (χ0v) is 16.4. The molecule has 0 saturated carbocycles. The largest absolute Gasteiger partial charge is 0.437 e. The van der Waals surface area contributed by atoms with Crippen LogP contribution in [0.5, 0.6) is 0 Å². The van der Waals surface area contributed by atoms with Gasteiger partial charge in [0, 0.05) is 22.9 Å². The van der Waals surface area contributed by atoms with E-state index in [-0.39, 0.29) is 18.3 Å². The van der Waals surface area contributed by atoms with Gasteiger partial charge in [-0.25, -0.2) is 13.9 Å². The summed E-state index contributed by atoms with van der Waals surface area (Å²) < 4.78 is 21.5. The number of hydrogen-bond donors (Lipinski definition) is 0. The summed E-state index contributed by atoms with van der Waals surface area (Å²) in [6, 6.07) is 25.1. The molecule has 0 amide bonds. The first-order chi connectivity index (χ1) is 15.2. The van der Waals surface area contributed by atoms with Crippen molar-refractivity contribution in [2.75, 3.05) is 0 Å². The van der Waals surface area contributed by atoms with Gasteiger partial charge in [-0.2, -0.15) is 9.78 Å². The van der Waals surface area contributed by atoms with Crippen molar-refractivity contribution in [3.05, 3.63) is 113 Å². The Labute approximate surface area is 176 Å². The quantitative estimate of drug-likeness (QED) is 0.425. The molecule has 0 N–H and O–H groups in total. The molecule has 2 aromatic heterocycles. The molecule has 0 saturated heterocycles. The lowest BCUT2D eigenvalue weighted by Crippen LogP contribution is -2.16. The predicted molar refractivity (Wildman–Crippen MR) is 114 cm³/mol. The normalized spacial score (nSPS) is 11.0. The maximum Gasteiger partial charge on any atom is 0.437 e. The van der Waals surface area contributed by atoms with Gasteiger partial charge in [0.05, 0.1) is 17.9 Å². The molecule has 3 aromatic carbocycles. The van der Waals surface area contributed by atoms with Crippen LogP contribution in [0.15, 0.2) is 100 Å². The van der Waals surface area contributed by atoms with Gasteiger partial charge in [0.1, 0.15) is 5.82 Å². The molecule has 0 unspecified atom stereocenters. The summed E-state index contributed by atoms with van der Waals surface area (Å²) in [6.07, 6.45) is 1.89. The first kappa shape index (κ1) is 18.7. The molecule has 0 spiro atoms. The van der Waals surface area contributed by atoms with E-state index in [9.17, 15) is 9.18 Å². The molecular weight excluding hydrogens is 395 g/mol. The smallest absolute Gasteiger partial charge is 0.388 e. The van der Waals surface area contributed by atoms with Crippen LogP contribution in [-0.4, -0.2) is 19.6 Å². The Morgan fingerprint density at radius 3 is 2.19 bits per heavy atom. The zero-order valence-electron chi connectivity index (χ0n) is 16.4. The van der Waals surface area contributed by atoms with Crippen molar-refractivity contribution in [3.63, 3.8) is 0 Å². The van der Waals surface area contributed by atoms with Gasteiger partial charge in [0.2, 0.25) is 5.89 Å². The molecule has 0 radical (unpaired) electrons. The van der Waals surface area contributed by atoms with Gasteiger partial charge < -0.3 is 4.42 Å². The summed E-state index contributed by atoms with van der Waals surface area (Å²) in [4.78, 5) is 12.4. The zero-order chi connectivity index (χ0) is 21.2. The summed E-state index contributed by atoms with van der Waals surface area (Å²) in [5.41, 5.74) is 3.94. The SMILES string of the molecule is O=c1oc(-c2ccc(F)cc2)nn1Cc1cn(-c2ccccc2)nc1-c1ccccc1. The summed E-state index contributed by atoms with van der Waals surface area (Å²) in [7, 11) is 0. The average Bonchev–Trinajstić information content (AvgIpc) is 3.40. The summed E-state index contributed by atoms with van der Waals surface area (Å²) in [5.74, 6) is -0.820. The molecular formula is C24H17FN4O2. The Bertz CT molecular complexity index is 1370. The van der Waals surface area contributed by atoms with Crippen molar-refractivity contribution in [1.29, 1.82) is 0 Å². The highest BCUT2D eigenvalue weighted by Crippen LogP contribution is 2.24. The minimum atomic E-state index is -0.592. The van der Waals surface area contributed by atoms with Crippen LogP contribution in [0.2, 0.25) is 0 Å². The van der Waals surface area contributed by atoms with E-state index in [1.165, 1.54) is 28.9 Å². The number of halogens is 1. The van der Waals surface area contributed by atoms with Crippen LogP contribution in [0.1, 0.15) is 5.56 Å². The van der Waals surface area contributed by atoms with Gasteiger partial charge in [-0.3, -0.25) is 0 Å². The van der Waals surface area contributed by atoms with Gasteiger partial charge in [-0.05, 0) is 36.4 Å². The van der Waals surface area contributed by atoms with Crippen LogP contribution in [0, 0.1) is 5.82 Å². The first-order valence-electron chi connectivity index (χ1n) is 9.71. The molecule has 7 heteroatoms. The Kier molecular flexibility index (Phi) is 4.76. The van der Waals surface area contributed by atoms with E-state index in [0.717, 1.165) is 22.5 Å². The molecule has 0 fully saturated rings. The average molecular weight is 412 g/mol. The fraction of sp³-hybridized carbons (Fsp3) is 0.0417. The number of para-hydroxylation sites is 1. The second-order valence-corrected chi connectivity index (χ2v) is 6.99. The number of hydrogen-bond acceptors (Lipinski definition) is 4. The minimum Gasteiger partial charge on any atom is -0.388 e. The van der Waals surface area contributed by atoms with Crippen molar-refractivity contribution in [2.24, 2.45) is 0 Å². The highest BCUT2D eigenvalue weighted by atomic mass is 19.1. The Morgan fingerprint density at radius 2 is 1.48 bits per heavy atom. The van der Waals surface area contributed by atoms with Crippen molar-refractivity contribution in [2.45, 2.75) is 6.54 Å². The predicted octanol–water partition coefficient (Wildman–Crippen LogP) is 4.54. The van der Waals surface area contributed by atoms with E-state index < -0.39 is 5.76 Å². The molecule has 152 valence electrons. The van der Waals surface area contributed by atoms with E-state index in [0.29, 0.717) is 5.56 Å². The van der Waals surface area contributed by atoms with E-state index in [2.05, 4.69) is 5.10 Å². The van der Waals surface area contributed by atoms with Crippen molar-refractivity contribution < 1.29 is 8.81 Å². The van der Waals surface area contributed by atoms with Gasteiger partial charge >= 0.3 is 5.76 Å². The molecule has 0 bridgehead atoms. The standard InChI is InChI=1S/C24H17FN4O2/c25-20-13-11-18(12-14-20)23-27-29(24(30)31-23)16-19-15-28(21-9-5-2-6-10-21)26-22(19)17-7-3-1-4-8-17/h1-15H,16H2. The minimum absolute atomic E-state index is 0.140. The number of rotatable bonds is 5. The lowest BCUT2D eigenvalue weighted by Gasteiger charge is -2.01. The second-order valence-electron chi connectivity index (χ2n) is 6.99. The monoisotopic (exact) mass is 412 g/mol. The third kappa shape index (κ3) is 3.81. The maximum absolute atomic E-state index is 13.2. The van der Waals surface area contributed by atoms with Crippen LogP contribution in [0.25, 0.3) is 28.4 Å². The topological polar surface area (TPSA) is 65.8 Å². The lowest BCUT2D eigenvalue weighted by atomic mass is 10.1. The molecule has 5 aromatic rings. The van der Waals surface area contributed by atoms with Crippen molar-refractivity contribution in [3.8, 4) is 28.4 Å². The van der Waals surface area contributed by atoms with E-state index in [4.69, 9.17) is 9.52 Å². The second kappa shape index (κ2) is 7.87. The maximum atomic E-state index is 13.2. The molecule has 5 rings (SSSR count). The Morgan fingerprint density at radius 1 is 0.806 bits per heavy atom. The highest BCUT2D eigenvalue weighted by Gasteiger charge is 2.16. The fourth-order valence-corrected chi connectivity index (χ4v) is 3.35.